The van der Waals surface area contributed by atoms with E-state index in [0.29, 0.717) is 13.0 Å². The summed E-state index contributed by atoms with van der Waals surface area (Å²) in [5.74, 6) is -1.84. The van der Waals surface area contributed by atoms with Crippen LogP contribution in [0, 0.1) is 11.8 Å². The highest BCUT2D eigenvalue weighted by atomic mass is 16.4. The Morgan fingerprint density at radius 1 is 1.33 bits per heavy atom. The van der Waals surface area contributed by atoms with E-state index in [9.17, 15) is 9.59 Å². The van der Waals surface area contributed by atoms with Gasteiger partial charge in [0.15, 0.2) is 0 Å². The lowest BCUT2D eigenvalue weighted by Gasteiger charge is -2.06. The first kappa shape index (κ1) is 13.6. The molecule has 2 atom stereocenters. The first-order valence-corrected chi connectivity index (χ1v) is 7.07. The summed E-state index contributed by atoms with van der Waals surface area (Å²) in [6.45, 7) is 1.32. The third-order valence-electron chi connectivity index (χ3n) is 3.85. The number of aromatic nitrogens is 2. The minimum absolute atomic E-state index is 0.141. The summed E-state index contributed by atoms with van der Waals surface area (Å²) in [5.41, 5.74) is 2.04. The Morgan fingerprint density at radius 2 is 2.14 bits per heavy atom. The molecule has 6 nitrogen and oxygen atoms in total. The second-order valence-electron chi connectivity index (χ2n) is 5.36. The molecule has 1 fully saturated rings. The molecule has 0 unspecified atom stereocenters. The number of para-hydroxylation sites is 2. The predicted octanol–water partition coefficient (Wildman–Crippen LogP) is 1.26. The van der Waals surface area contributed by atoms with Crippen molar-refractivity contribution in [3.63, 3.8) is 0 Å². The van der Waals surface area contributed by atoms with E-state index in [1.165, 1.54) is 0 Å². The van der Waals surface area contributed by atoms with Gasteiger partial charge < -0.3 is 15.0 Å². The van der Waals surface area contributed by atoms with Gasteiger partial charge in [-0.2, -0.15) is 0 Å². The average Bonchev–Trinajstić information content (AvgIpc) is 3.19. The van der Waals surface area contributed by atoms with Gasteiger partial charge in [-0.15, -0.1) is 0 Å². The molecule has 1 heterocycles. The summed E-state index contributed by atoms with van der Waals surface area (Å²) in [7, 11) is 0. The van der Waals surface area contributed by atoms with Crippen LogP contribution >= 0.6 is 0 Å². The average molecular weight is 287 g/mol. The normalized spacial score (nSPS) is 20.4. The van der Waals surface area contributed by atoms with Gasteiger partial charge in [0, 0.05) is 13.1 Å². The lowest BCUT2D eigenvalue weighted by molar-refractivity contribution is -0.140. The number of aryl methyl sites for hydroxylation is 1. The molecule has 0 saturated heterocycles. The van der Waals surface area contributed by atoms with Crippen LogP contribution in [0.1, 0.15) is 12.8 Å². The highest BCUT2D eigenvalue weighted by Crippen LogP contribution is 2.38. The number of amides is 1. The molecule has 1 aliphatic rings. The summed E-state index contributed by atoms with van der Waals surface area (Å²) in [6, 6.07) is 7.91. The fraction of sp³-hybridized carbons (Fsp3) is 0.400. The van der Waals surface area contributed by atoms with Crippen molar-refractivity contribution in [1.29, 1.82) is 0 Å². The number of hydrogen-bond acceptors (Lipinski definition) is 3. The fourth-order valence-corrected chi connectivity index (χ4v) is 2.54. The number of carboxylic acid groups (broad SMARTS) is 1. The van der Waals surface area contributed by atoms with Gasteiger partial charge in [0.05, 0.1) is 29.2 Å². The molecule has 1 saturated carbocycles. The molecule has 0 aliphatic heterocycles. The molecule has 21 heavy (non-hydrogen) atoms. The van der Waals surface area contributed by atoms with E-state index in [0.717, 1.165) is 24.0 Å². The zero-order valence-corrected chi connectivity index (χ0v) is 11.5. The number of imidazole rings is 1. The molecule has 3 rings (SSSR count). The van der Waals surface area contributed by atoms with Crippen LogP contribution in [0.5, 0.6) is 0 Å². The van der Waals surface area contributed by atoms with Crippen molar-refractivity contribution < 1.29 is 14.7 Å². The third kappa shape index (κ3) is 2.89. The Balaban J connectivity index is 1.45. The molecule has 0 radical (unpaired) electrons. The molecule has 2 aromatic rings. The number of carbonyl (C=O) groups is 2. The van der Waals surface area contributed by atoms with Gasteiger partial charge in [-0.25, -0.2) is 4.98 Å². The summed E-state index contributed by atoms with van der Waals surface area (Å²) in [4.78, 5) is 26.7. The zero-order valence-electron chi connectivity index (χ0n) is 11.5. The van der Waals surface area contributed by atoms with Crippen LogP contribution in [-0.4, -0.2) is 33.1 Å². The molecule has 1 amide bonds. The SMILES string of the molecule is O=C(O)[C@H]1C[C@H]1C(=O)NCCCn1cnc2ccccc21. The maximum Gasteiger partial charge on any atom is 0.307 e. The first-order chi connectivity index (χ1) is 10.2. The predicted molar refractivity (Wildman–Crippen MR) is 76.6 cm³/mol. The molecule has 1 aliphatic carbocycles. The van der Waals surface area contributed by atoms with Crippen molar-refractivity contribution in [3.05, 3.63) is 30.6 Å². The van der Waals surface area contributed by atoms with Crippen LogP contribution in [0.3, 0.4) is 0 Å². The van der Waals surface area contributed by atoms with Crippen molar-refractivity contribution in [2.45, 2.75) is 19.4 Å². The van der Waals surface area contributed by atoms with E-state index < -0.39 is 11.9 Å². The number of rotatable bonds is 6. The number of fused-ring (bicyclic) bond motifs is 1. The maximum atomic E-state index is 11.7. The van der Waals surface area contributed by atoms with Gasteiger partial charge in [-0.05, 0) is 25.0 Å². The molecular formula is C15H17N3O3. The number of benzene rings is 1. The second kappa shape index (κ2) is 5.55. The minimum Gasteiger partial charge on any atom is -0.481 e. The molecule has 0 spiro atoms. The molecule has 0 bridgehead atoms. The standard InChI is InChI=1S/C15H17N3O3/c19-14(10-8-11(10)15(20)21)16-6-3-7-18-9-17-12-4-1-2-5-13(12)18/h1-2,4-5,9-11H,3,6-8H2,(H,16,19)(H,20,21)/t10-,11+/m1/s1. The molecular weight excluding hydrogens is 270 g/mol. The van der Waals surface area contributed by atoms with Crippen molar-refractivity contribution >= 4 is 22.9 Å². The Kier molecular flexibility index (Phi) is 3.60. The topological polar surface area (TPSA) is 84.2 Å². The van der Waals surface area contributed by atoms with E-state index >= 15 is 0 Å². The lowest BCUT2D eigenvalue weighted by Crippen LogP contribution is -2.27. The second-order valence-corrected chi connectivity index (χ2v) is 5.36. The number of hydrogen-bond donors (Lipinski definition) is 2. The van der Waals surface area contributed by atoms with Crippen molar-refractivity contribution in [2.75, 3.05) is 6.54 Å². The van der Waals surface area contributed by atoms with Crippen LogP contribution < -0.4 is 5.32 Å². The van der Waals surface area contributed by atoms with Crippen LogP contribution in [0.15, 0.2) is 30.6 Å². The zero-order chi connectivity index (χ0) is 14.8. The fourth-order valence-electron chi connectivity index (χ4n) is 2.54. The Labute approximate surface area is 121 Å². The molecule has 1 aromatic heterocycles. The van der Waals surface area contributed by atoms with E-state index in [4.69, 9.17) is 5.11 Å². The number of carbonyl (C=O) groups excluding carboxylic acids is 1. The number of aliphatic carboxylic acids is 1. The van der Waals surface area contributed by atoms with Crippen LogP contribution in [0.4, 0.5) is 0 Å². The quantitative estimate of drug-likeness (QED) is 0.783. The van der Waals surface area contributed by atoms with Gasteiger partial charge in [-0.1, -0.05) is 12.1 Å². The Hall–Kier alpha value is -2.37. The van der Waals surface area contributed by atoms with Gasteiger partial charge >= 0.3 is 5.97 Å². The van der Waals surface area contributed by atoms with E-state index in [-0.39, 0.29) is 11.8 Å². The highest BCUT2D eigenvalue weighted by molar-refractivity contribution is 5.89. The molecule has 2 N–H and O–H groups in total. The largest absolute Gasteiger partial charge is 0.481 e. The van der Waals surface area contributed by atoms with E-state index in [2.05, 4.69) is 14.9 Å². The van der Waals surface area contributed by atoms with Crippen molar-refractivity contribution in [3.8, 4) is 0 Å². The lowest BCUT2D eigenvalue weighted by atomic mass is 10.3. The third-order valence-corrected chi connectivity index (χ3v) is 3.85. The summed E-state index contributed by atoms with van der Waals surface area (Å²) >= 11 is 0. The summed E-state index contributed by atoms with van der Waals surface area (Å²) < 4.78 is 2.05. The van der Waals surface area contributed by atoms with Crippen molar-refractivity contribution in [2.24, 2.45) is 11.8 Å². The first-order valence-electron chi connectivity index (χ1n) is 7.07. The number of nitrogens with zero attached hydrogens (tertiary/aromatic N) is 2. The number of nitrogens with one attached hydrogen (secondary N) is 1. The number of carboxylic acids is 1. The maximum absolute atomic E-state index is 11.7. The smallest absolute Gasteiger partial charge is 0.307 e. The molecule has 1 aromatic carbocycles. The monoisotopic (exact) mass is 287 g/mol. The van der Waals surface area contributed by atoms with E-state index in [1.54, 1.807) is 6.33 Å². The summed E-state index contributed by atoms with van der Waals surface area (Å²) in [5, 5.41) is 11.6. The van der Waals surface area contributed by atoms with Gasteiger partial charge in [0.25, 0.3) is 0 Å². The van der Waals surface area contributed by atoms with Gasteiger partial charge in [0.1, 0.15) is 0 Å². The Bertz CT molecular complexity index is 680. The highest BCUT2D eigenvalue weighted by Gasteiger charge is 2.48. The Morgan fingerprint density at radius 3 is 2.90 bits per heavy atom. The van der Waals surface area contributed by atoms with Crippen LogP contribution in [-0.2, 0) is 16.1 Å². The van der Waals surface area contributed by atoms with Crippen LogP contribution in [0.25, 0.3) is 11.0 Å². The summed E-state index contributed by atoms with van der Waals surface area (Å²) in [6.07, 6.45) is 3.05. The minimum atomic E-state index is -0.875. The van der Waals surface area contributed by atoms with Crippen molar-refractivity contribution in [1.82, 2.24) is 14.9 Å². The van der Waals surface area contributed by atoms with Gasteiger partial charge in [-0.3, -0.25) is 9.59 Å². The molecule has 110 valence electrons. The molecule has 6 heteroatoms. The van der Waals surface area contributed by atoms with E-state index in [1.807, 2.05) is 24.3 Å². The van der Waals surface area contributed by atoms with Gasteiger partial charge in [0.2, 0.25) is 5.91 Å². The van der Waals surface area contributed by atoms with Crippen LogP contribution in [0.2, 0.25) is 0 Å².